The largest absolute Gasteiger partial charge is 0.490 e. The number of ether oxygens (including phenoxy) is 2. The second-order valence-electron chi connectivity index (χ2n) is 8.44. The lowest BCUT2D eigenvalue weighted by Crippen LogP contribution is -2.32. The van der Waals surface area contributed by atoms with Crippen LogP contribution in [0.5, 0.6) is 11.5 Å². The van der Waals surface area contributed by atoms with Crippen molar-refractivity contribution in [3.63, 3.8) is 0 Å². The van der Waals surface area contributed by atoms with Crippen LogP contribution < -0.4 is 14.9 Å². The van der Waals surface area contributed by atoms with Gasteiger partial charge >= 0.3 is 0 Å². The van der Waals surface area contributed by atoms with Gasteiger partial charge in [0.2, 0.25) is 5.76 Å². The predicted molar refractivity (Wildman–Crippen MR) is 132 cm³/mol. The molecule has 1 aliphatic rings. The molecule has 34 heavy (non-hydrogen) atoms. The van der Waals surface area contributed by atoms with E-state index in [-0.39, 0.29) is 17.1 Å². The topological polar surface area (TPSA) is 72.2 Å². The van der Waals surface area contributed by atoms with Gasteiger partial charge in [0.25, 0.3) is 5.91 Å². The van der Waals surface area contributed by atoms with Crippen LogP contribution in [0.1, 0.15) is 48.0 Å². The maximum Gasteiger partial charge on any atom is 0.290 e. The van der Waals surface area contributed by atoms with Crippen molar-refractivity contribution in [1.29, 1.82) is 0 Å². The van der Waals surface area contributed by atoms with Crippen molar-refractivity contribution in [3.8, 4) is 11.5 Å². The highest BCUT2D eigenvalue weighted by molar-refractivity contribution is 6.31. The highest BCUT2D eigenvalue weighted by Crippen LogP contribution is 2.41. The maximum atomic E-state index is 13.6. The van der Waals surface area contributed by atoms with Crippen molar-refractivity contribution in [3.05, 3.63) is 68.5 Å². The van der Waals surface area contributed by atoms with Gasteiger partial charge in [-0.05, 0) is 76.8 Å². The standard InChI is InChI=1S/C26H29ClN2O5/c1-5-32-20-10-8-16(14-21(20)33-6-2)23-22-24(30)18-15-17(27)9-11-19(18)34-25(22)26(31)29(23)13-7-12-28(3)4/h8-11,14-15,23H,5-7,12-13H2,1-4H3/t23-/m1/s1. The minimum absolute atomic E-state index is 0.0847. The Bertz CT molecular complexity index is 1270. The van der Waals surface area contributed by atoms with Gasteiger partial charge in [-0.3, -0.25) is 9.59 Å². The molecule has 0 unspecified atom stereocenters. The van der Waals surface area contributed by atoms with Crippen molar-refractivity contribution < 1.29 is 18.7 Å². The van der Waals surface area contributed by atoms with Crippen molar-refractivity contribution in [2.45, 2.75) is 26.3 Å². The Kier molecular flexibility index (Phi) is 7.14. The molecule has 2 heterocycles. The number of rotatable bonds is 9. The lowest BCUT2D eigenvalue weighted by Gasteiger charge is -2.26. The van der Waals surface area contributed by atoms with Crippen LogP contribution in [0, 0.1) is 0 Å². The van der Waals surface area contributed by atoms with E-state index in [0.29, 0.717) is 52.8 Å². The molecule has 4 rings (SSSR count). The van der Waals surface area contributed by atoms with Gasteiger partial charge in [0.05, 0.1) is 30.2 Å². The lowest BCUT2D eigenvalue weighted by molar-refractivity contribution is 0.0722. The van der Waals surface area contributed by atoms with E-state index in [1.165, 1.54) is 0 Å². The van der Waals surface area contributed by atoms with E-state index in [2.05, 4.69) is 4.90 Å². The Morgan fingerprint density at radius 2 is 1.76 bits per heavy atom. The van der Waals surface area contributed by atoms with Gasteiger partial charge in [0, 0.05) is 11.6 Å². The monoisotopic (exact) mass is 484 g/mol. The van der Waals surface area contributed by atoms with E-state index in [1.807, 2.05) is 46.1 Å². The van der Waals surface area contributed by atoms with E-state index in [1.54, 1.807) is 23.1 Å². The maximum absolute atomic E-state index is 13.6. The number of amides is 1. The molecule has 3 aromatic rings. The van der Waals surface area contributed by atoms with Crippen LogP contribution in [-0.4, -0.2) is 56.1 Å². The van der Waals surface area contributed by atoms with E-state index < -0.39 is 6.04 Å². The molecule has 0 aliphatic carbocycles. The second kappa shape index (κ2) is 10.1. The van der Waals surface area contributed by atoms with Crippen LogP contribution in [0.3, 0.4) is 0 Å². The second-order valence-corrected chi connectivity index (χ2v) is 8.88. The Morgan fingerprint density at radius 1 is 1.03 bits per heavy atom. The smallest absolute Gasteiger partial charge is 0.290 e. The molecule has 0 N–H and O–H groups in total. The number of halogens is 1. The number of carbonyl (C=O) groups is 1. The van der Waals surface area contributed by atoms with Crippen LogP contribution in [0.25, 0.3) is 11.0 Å². The molecule has 7 nitrogen and oxygen atoms in total. The van der Waals surface area contributed by atoms with Gasteiger partial charge in [-0.25, -0.2) is 0 Å². The summed E-state index contributed by atoms with van der Waals surface area (Å²) in [7, 11) is 3.97. The predicted octanol–water partition coefficient (Wildman–Crippen LogP) is 4.74. The highest BCUT2D eigenvalue weighted by Gasteiger charge is 2.42. The summed E-state index contributed by atoms with van der Waals surface area (Å²) >= 11 is 6.16. The Balaban J connectivity index is 1.88. The molecule has 180 valence electrons. The number of nitrogens with zero attached hydrogens (tertiary/aromatic N) is 2. The number of fused-ring (bicyclic) bond motifs is 2. The molecule has 1 aliphatic heterocycles. The average Bonchev–Trinajstić information content (AvgIpc) is 3.08. The quantitative estimate of drug-likeness (QED) is 0.437. The van der Waals surface area contributed by atoms with Gasteiger partial charge < -0.3 is 23.7 Å². The Morgan fingerprint density at radius 3 is 2.47 bits per heavy atom. The summed E-state index contributed by atoms with van der Waals surface area (Å²) in [5.74, 6) is 0.986. The summed E-state index contributed by atoms with van der Waals surface area (Å²) in [5, 5.41) is 0.790. The minimum Gasteiger partial charge on any atom is -0.490 e. The van der Waals surface area contributed by atoms with E-state index in [0.717, 1.165) is 18.5 Å². The van der Waals surface area contributed by atoms with Crippen molar-refractivity contribution in [2.24, 2.45) is 0 Å². The molecule has 0 radical (unpaired) electrons. The van der Waals surface area contributed by atoms with Crippen LogP contribution in [0.2, 0.25) is 5.02 Å². The lowest BCUT2D eigenvalue weighted by atomic mass is 9.98. The fourth-order valence-electron chi connectivity index (χ4n) is 4.36. The van der Waals surface area contributed by atoms with Crippen LogP contribution in [0.4, 0.5) is 0 Å². The van der Waals surface area contributed by atoms with E-state index in [9.17, 15) is 9.59 Å². The Hall–Kier alpha value is -3.03. The molecule has 1 atom stereocenters. The number of hydrogen-bond donors (Lipinski definition) is 0. The fourth-order valence-corrected chi connectivity index (χ4v) is 4.54. The first-order valence-corrected chi connectivity index (χ1v) is 11.8. The van der Waals surface area contributed by atoms with E-state index >= 15 is 0 Å². The van der Waals surface area contributed by atoms with Crippen LogP contribution in [-0.2, 0) is 0 Å². The number of benzene rings is 2. The first kappa shape index (κ1) is 24.1. The normalized spacial score (nSPS) is 15.3. The van der Waals surface area contributed by atoms with Crippen molar-refractivity contribution in [1.82, 2.24) is 9.80 Å². The molecule has 0 fully saturated rings. The van der Waals surface area contributed by atoms with Gasteiger partial charge in [0.1, 0.15) is 5.58 Å². The summed E-state index contributed by atoms with van der Waals surface area (Å²) in [6.45, 7) is 6.04. The Labute approximate surface area is 203 Å². The summed E-state index contributed by atoms with van der Waals surface area (Å²) < 4.78 is 17.5. The van der Waals surface area contributed by atoms with Gasteiger partial charge in [-0.2, -0.15) is 0 Å². The highest BCUT2D eigenvalue weighted by atomic mass is 35.5. The zero-order valence-electron chi connectivity index (χ0n) is 19.9. The SMILES string of the molecule is CCOc1ccc([C@@H]2c3c(oc4ccc(Cl)cc4c3=O)C(=O)N2CCCN(C)C)cc1OCC. The number of carbonyl (C=O) groups excluding carboxylic acids is 1. The summed E-state index contributed by atoms with van der Waals surface area (Å²) in [6.07, 6.45) is 0.748. The van der Waals surface area contributed by atoms with Gasteiger partial charge in [0.15, 0.2) is 16.9 Å². The summed E-state index contributed by atoms with van der Waals surface area (Å²) in [6, 6.07) is 9.81. The van der Waals surface area contributed by atoms with Crippen LogP contribution in [0.15, 0.2) is 45.6 Å². The molecule has 0 spiro atoms. The van der Waals surface area contributed by atoms with Crippen molar-refractivity contribution >= 4 is 28.5 Å². The zero-order chi connectivity index (χ0) is 24.4. The molecule has 1 aromatic heterocycles. The van der Waals surface area contributed by atoms with Crippen LogP contribution >= 0.6 is 11.6 Å². The molecule has 0 bridgehead atoms. The molecule has 0 saturated heterocycles. The molecule has 1 amide bonds. The van der Waals surface area contributed by atoms with E-state index in [4.69, 9.17) is 25.5 Å². The summed E-state index contributed by atoms with van der Waals surface area (Å²) in [5.41, 5.74) is 1.19. The van der Waals surface area contributed by atoms with Gasteiger partial charge in [-0.15, -0.1) is 0 Å². The fraction of sp³-hybridized carbons (Fsp3) is 0.385. The molecule has 0 saturated carbocycles. The average molecular weight is 485 g/mol. The minimum atomic E-state index is -0.598. The van der Waals surface area contributed by atoms with Crippen molar-refractivity contribution in [2.75, 3.05) is 40.4 Å². The zero-order valence-corrected chi connectivity index (χ0v) is 20.6. The molecule has 8 heteroatoms. The first-order valence-electron chi connectivity index (χ1n) is 11.5. The number of hydrogen-bond acceptors (Lipinski definition) is 6. The third-order valence-electron chi connectivity index (χ3n) is 5.82. The molecular weight excluding hydrogens is 456 g/mol. The molecule has 2 aromatic carbocycles. The first-order chi connectivity index (χ1) is 16.3. The van der Waals surface area contributed by atoms with Gasteiger partial charge in [-0.1, -0.05) is 17.7 Å². The third kappa shape index (κ3) is 4.50. The summed E-state index contributed by atoms with van der Waals surface area (Å²) in [4.78, 5) is 30.9. The molecular formula is C26H29ClN2O5. The third-order valence-corrected chi connectivity index (χ3v) is 6.05.